The number of ether oxygens (including phenoxy) is 3. The van der Waals surface area contributed by atoms with Gasteiger partial charge < -0.3 is 24.4 Å². The van der Waals surface area contributed by atoms with Gasteiger partial charge in [0.25, 0.3) is 0 Å². The molecule has 216 valence electrons. The summed E-state index contributed by atoms with van der Waals surface area (Å²) in [5, 5.41) is 21.9. The van der Waals surface area contributed by atoms with Crippen LogP contribution in [-0.4, -0.2) is 45.0 Å². The Hall–Kier alpha value is -4.33. The van der Waals surface area contributed by atoms with Crippen LogP contribution in [0.2, 0.25) is 0 Å². The quantitative estimate of drug-likeness (QED) is 0.142. The van der Waals surface area contributed by atoms with Gasteiger partial charge in [-0.25, -0.2) is 15.0 Å². The van der Waals surface area contributed by atoms with E-state index in [4.69, 9.17) is 24.2 Å². The van der Waals surface area contributed by atoms with Crippen LogP contribution in [0, 0.1) is 0 Å². The van der Waals surface area contributed by atoms with E-state index in [0.717, 1.165) is 38.5 Å². The Bertz CT molecular complexity index is 1350. The van der Waals surface area contributed by atoms with E-state index in [2.05, 4.69) is 25.8 Å². The smallest absolute Gasteiger partial charge is 0.167 e. The van der Waals surface area contributed by atoms with E-state index >= 15 is 0 Å². The molecule has 3 aromatic carbocycles. The maximum absolute atomic E-state index is 10.9. The fourth-order valence-corrected chi connectivity index (χ4v) is 4.09. The van der Waals surface area contributed by atoms with E-state index in [-0.39, 0.29) is 23.1 Å². The van der Waals surface area contributed by atoms with Crippen molar-refractivity contribution in [2.45, 2.75) is 59.3 Å². The summed E-state index contributed by atoms with van der Waals surface area (Å²) in [7, 11) is 0. The van der Waals surface area contributed by atoms with Gasteiger partial charge in [0, 0.05) is 12.1 Å². The molecular formula is C33H39N3O5. The summed E-state index contributed by atoms with van der Waals surface area (Å²) >= 11 is 0. The van der Waals surface area contributed by atoms with Gasteiger partial charge in [0.1, 0.15) is 28.7 Å². The van der Waals surface area contributed by atoms with Gasteiger partial charge in [-0.1, -0.05) is 52.2 Å². The van der Waals surface area contributed by atoms with Gasteiger partial charge >= 0.3 is 0 Å². The van der Waals surface area contributed by atoms with Crippen LogP contribution in [0.15, 0.2) is 60.7 Å². The van der Waals surface area contributed by atoms with Crippen LogP contribution in [0.3, 0.4) is 0 Å². The molecule has 0 atom stereocenters. The highest BCUT2D eigenvalue weighted by Gasteiger charge is 2.19. The van der Waals surface area contributed by atoms with Crippen LogP contribution >= 0.6 is 0 Å². The second kappa shape index (κ2) is 14.9. The summed E-state index contributed by atoms with van der Waals surface area (Å²) in [5.74, 6) is 2.64. The molecule has 0 amide bonds. The van der Waals surface area contributed by atoms with Gasteiger partial charge in [0.05, 0.1) is 36.5 Å². The monoisotopic (exact) mass is 557 g/mol. The summed E-state index contributed by atoms with van der Waals surface area (Å²) in [6.07, 6.45) is 5.81. The topological polar surface area (TPSA) is 107 Å². The Morgan fingerprint density at radius 1 is 0.537 bits per heavy atom. The summed E-state index contributed by atoms with van der Waals surface area (Å²) in [6, 6.07) is 17.7. The lowest BCUT2D eigenvalue weighted by Gasteiger charge is -2.14. The lowest BCUT2D eigenvalue weighted by Crippen LogP contribution is -2.03. The Labute approximate surface area is 242 Å². The minimum Gasteiger partial charge on any atom is -0.507 e. The number of aromatic hydroxyl groups is 2. The average molecular weight is 558 g/mol. The molecule has 0 aliphatic rings. The van der Waals surface area contributed by atoms with Gasteiger partial charge in [0.2, 0.25) is 0 Å². The highest BCUT2D eigenvalue weighted by Crippen LogP contribution is 2.37. The molecule has 0 unspecified atom stereocenters. The molecule has 8 heteroatoms. The fourth-order valence-electron chi connectivity index (χ4n) is 4.09. The Balaban J connectivity index is 1.78. The number of phenolic OH excluding ortho intramolecular Hbond substituents is 2. The number of rotatable bonds is 15. The first-order valence-corrected chi connectivity index (χ1v) is 14.4. The van der Waals surface area contributed by atoms with E-state index < -0.39 is 0 Å². The zero-order chi connectivity index (χ0) is 29.0. The number of unbranched alkanes of at least 4 members (excludes halogenated alkanes) is 3. The summed E-state index contributed by atoms with van der Waals surface area (Å²) < 4.78 is 17.6. The fraction of sp³-hybridized carbons (Fsp3) is 0.364. The van der Waals surface area contributed by atoms with Crippen molar-refractivity contribution in [2.75, 3.05) is 19.8 Å². The third kappa shape index (κ3) is 7.87. The molecule has 0 aliphatic heterocycles. The Morgan fingerprint density at radius 2 is 0.976 bits per heavy atom. The number of hydrogen-bond acceptors (Lipinski definition) is 8. The summed E-state index contributed by atoms with van der Waals surface area (Å²) in [5.41, 5.74) is 1.52. The number of para-hydroxylation sites is 1. The van der Waals surface area contributed by atoms with Gasteiger partial charge in [-0.15, -0.1) is 0 Å². The highest BCUT2D eigenvalue weighted by molar-refractivity contribution is 5.74. The zero-order valence-corrected chi connectivity index (χ0v) is 24.1. The molecule has 4 rings (SSSR count). The number of hydrogen-bond donors (Lipinski definition) is 2. The first-order chi connectivity index (χ1) is 20.0. The first-order valence-electron chi connectivity index (χ1n) is 14.4. The van der Waals surface area contributed by atoms with Gasteiger partial charge in [-0.3, -0.25) is 0 Å². The van der Waals surface area contributed by atoms with Crippen molar-refractivity contribution in [3.63, 3.8) is 0 Å². The molecule has 0 spiro atoms. The maximum atomic E-state index is 10.9. The molecule has 0 aliphatic carbocycles. The predicted molar refractivity (Wildman–Crippen MR) is 161 cm³/mol. The lowest BCUT2D eigenvalue weighted by molar-refractivity contribution is 0.307. The molecule has 4 aromatic rings. The van der Waals surface area contributed by atoms with Gasteiger partial charge in [-0.2, -0.15) is 0 Å². The molecule has 0 radical (unpaired) electrons. The molecule has 0 saturated carbocycles. The Morgan fingerprint density at radius 3 is 1.44 bits per heavy atom. The molecule has 0 bridgehead atoms. The number of phenols is 2. The van der Waals surface area contributed by atoms with Crippen LogP contribution < -0.4 is 14.2 Å². The standard InChI is InChI=1S/C33H39N3O5/c1-4-7-18-39-23-14-16-25(28(37)21-23)31-34-32(26-17-15-24(22-29(26)38)40-19-8-5-2)36-33(35-31)27-12-10-11-13-30(27)41-20-9-6-3/h10-17,21-22,37-38H,4-9,18-20H2,1-3H3. The van der Waals surface area contributed by atoms with Crippen LogP contribution in [-0.2, 0) is 0 Å². The SMILES string of the molecule is CCCCOc1ccc(-c2nc(-c3ccc(OCCCC)cc3O)nc(-c3ccccc3OCCCC)n2)c(O)c1. The minimum atomic E-state index is -0.0153. The summed E-state index contributed by atoms with van der Waals surface area (Å²) in [6.45, 7) is 8.01. The number of aromatic nitrogens is 3. The van der Waals surface area contributed by atoms with Crippen molar-refractivity contribution in [3.05, 3.63) is 60.7 Å². The van der Waals surface area contributed by atoms with Crippen molar-refractivity contribution in [1.82, 2.24) is 15.0 Å². The van der Waals surface area contributed by atoms with Crippen LogP contribution in [0.5, 0.6) is 28.7 Å². The van der Waals surface area contributed by atoms with E-state index in [9.17, 15) is 10.2 Å². The number of nitrogens with zero attached hydrogens (tertiary/aromatic N) is 3. The highest BCUT2D eigenvalue weighted by atomic mass is 16.5. The van der Waals surface area contributed by atoms with E-state index in [1.807, 2.05) is 24.3 Å². The molecule has 2 N–H and O–H groups in total. The first kappa shape index (κ1) is 29.6. The molecule has 1 aromatic heterocycles. The van der Waals surface area contributed by atoms with E-state index in [1.165, 1.54) is 0 Å². The van der Waals surface area contributed by atoms with Crippen LogP contribution in [0.4, 0.5) is 0 Å². The van der Waals surface area contributed by atoms with E-state index in [0.29, 0.717) is 59.6 Å². The number of benzene rings is 3. The zero-order valence-electron chi connectivity index (χ0n) is 24.1. The van der Waals surface area contributed by atoms with Gasteiger partial charge in [-0.05, 0) is 55.7 Å². The van der Waals surface area contributed by atoms with Crippen LogP contribution in [0.1, 0.15) is 59.3 Å². The maximum Gasteiger partial charge on any atom is 0.167 e. The van der Waals surface area contributed by atoms with Crippen molar-refractivity contribution < 1.29 is 24.4 Å². The second-order valence-electron chi connectivity index (χ2n) is 9.77. The third-order valence-corrected chi connectivity index (χ3v) is 6.47. The van der Waals surface area contributed by atoms with E-state index in [1.54, 1.807) is 36.4 Å². The third-order valence-electron chi connectivity index (χ3n) is 6.47. The van der Waals surface area contributed by atoms with Gasteiger partial charge in [0.15, 0.2) is 17.5 Å². The lowest BCUT2D eigenvalue weighted by atomic mass is 10.1. The average Bonchev–Trinajstić information content (AvgIpc) is 2.98. The van der Waals surface area contributed by atoms with Crippen molar-refractivity contribution in [2.24, 2.45) is 0 Å². The normalized spacial score (nSPS) is 10.9. The molecule has 41 heavy (non-hydrogen) atoms. The Kier molecular flexibility index (Phi) is 10.8. The summed E-state index contributed by atoms with van der Waals surface area (Å²) in [4.78, 5) is 14.2. The minimum absolute atomic E-state index is 0.0153. The van der Waals surface area contributed by atoms with Crippen molar-refractivity contribution >= 4 is 0 Å². The molecule has 8 nitrogen and oxygen atoms in total. The molecule has 1 heterocycles. The predicted octanol–water partition coefficient (Wildman–Crippen LogP) is 7.82. The molecular weight excluding hydrogens is 518 g/mol. The van der Waals surface area contributed by atoms with Crippen molar-refractivity contribution in [1.29, 1.82) is 0 Å². The largest absolute Gasteiger partial charge is 0.507 e. The van der Waals surface area contributed by atoms with Crippen LogP contribution in [0.25, 0.3) is 34.2 Å². The molecule has 0 saturated heterocycles. The van der Waals surface area contributed by atoms with Crippen molar-refractivity contribution in [3.8, 4) is 62.9 Å². The second-order valence-corrected chi connectivity index (χ2v) is 9.77. The molecule has 0 fully saturated rings.